The number of aromatic nitrogens is 5. The van der Waals surface area contributed by atoms with Crippen LogP contribution in [0.5, 0.6) is 0 Å². The molecule has 10 nitrogen and oxygen atoms in total. The van der Waals surface area contributed by atoms with Crippen molar-refractivity contribution in [1.82, 2.24) is 24.9 Å². The Bertz CT molecular complexity index is 1330. The number of nitrogens with one attached hydrogen (secondary N) is 3. The van der Waals surface area contributed by atoms with Crippen molar-refractivity contribution < 1.29 is 22.5 Å². The van der Waals surface area contributed by atoms with Gasteiger partial charge in [0, 0.05) is 43.3 Å². The van der Waals surface area contributed by atoms with Crippen molar-refractivity contribution in [3.05, 3.63) is 76.6 Å². The van der Waals surface area contributed by atoms with Gasteiger partial charge in [-0.25, -0.2) is 24.3 Å². The van der Waals surface area contributed by atoms with Crippen LogP contribution in [0.1, 0.15) is 5.56 Å². The van der Waals surface area contributed by atoms with E-state index in [1.54, 1.807) is 0 Å². The lowest BCUT2D eigenvalue weighted by Gasteiger charge is -2.16. The second kappa shape index (κ2) is 9.70. The molecule has 0 unspecified atom stereocenters. The SMILES string of the molecule is O=[N+]([O-])c1ccc(NCCNc2ncc(-c3ncc[nH]3)c(-c3ccc(F)cc3C(F)(F)F)n2)nc1. The van der Waals surface area contributed by atoms with E-state index >= 15 is 0 Å². The summed E-state index contributed by atoms with van der Waals surface area (Å²) in [6, 6.07) is 5.09. The van der Waals surface area contributed by atoms with E-state index in [4.69, 9.17) is 0 Å². The van der Waals surface area contributed by atoms with Gasteiger partial charge in [0.05, 0.1) is 21.7 Å². The molecule has 14 heteroatoms. The average Bonchev–Trinajstić information content (AvgIpc) is 3.36. The molecule has 0 spiro atoms. The maximum atomic E-state index is 13.7. The third-order valence-corrected chi connectivity index (χ3v) is 4.76. The summed E-state index contributed by atoms with van der Waals surface area (Å²) in [7, 11) is 0. The van der Waals surface area contributed by atoms with Crippen molar-refractivity contribution in [2.75, 3.05) is 23.7 Å². The summed E-state index contributed by atoms with van der Waals surface area (Å²) in [5.41, 5.74) is -1.55. The number of rotatable bonds is 8. The van der Waals surface area contributed by atoms with Crippen LogP contribution in [-0.4, -0.2) is 42.9 Å². The first-order valence-electron chi connectivity index (χ1n) is 10.0. The summed E-state index contributed by atoms with van der Waals surface area (Å²) < 4.78 is 54.6. The van der Waals surface area contributed by atoms with E-state index in [2.05, 4.69) is 35.6 Å². The third kappa shape index (κ3) is 5.48. The molecule has 3 aromatic heterocycles. The van der Waals surface area contributed by atoms with Crippen molar-refractivity contribution in [3.8, 4) is 22.6 Å². The molecule has 0 aliphatic heterocycles. The van der Waals surface area contributed by atoms with Gasteiger partial charge in [-0.2, -0.15) is 13.2 Å². The van der Waals surface area contributed by atoms with Gasteiger partial charge in [0.2, 0.25) is 5.95 Å². The molecule has 1 aromatic carbocycles. The number of alkyl halides is 3. The van der Waals surface area contributed by atoms with Crippen LogP contribution in [0.3, 0.4) is 0 Å². The van der Waals surface area contributed by atoms with Gasteiger partial charge in [-0.1, -0.05) is 0 Å². The van der Waals surface area contributed by atoms with E-state index in [-0.39, 0.29) is 40.8 Å². The zero-order valence-electron chi connectivity index (χ0n) is 17.7. The van der Waals surface area contributed by atoms with Crippen LogP contribution in [0.2, 0.25) is 0 Å². The number of benzene rings is 1. The van der Waals surface area contributed by atoms with Gasteiger partial charge in [0.15, 0.2) is 0 Å². The van der Waals surface area contributed by atoms with Crippen LogP contribution in [0.4, 0.5) is 35.0 Å². The number of hydrogen-bond donors (Lipinski definition) is 3. The number of aromatic amines is 1. The first kappa shape index (κ1) is 23.5. The molecule has 0 aliphatic carbocycles. The lowest BCUT2D eigenvalue weighted by Crippen LogP contribution is -2.16. The minimum Gasteiger partial charge on any atom is -0.368 e. The van der Waals surface area contributed by atoms with Crippen LogP contribution in [0, 0.1) is 15.9 Å². The molecule has 4 rings (SSSR count). The van der Waals surface area contributed by atoms with Crippen LogP contribution >= 0.6 is 0 Å². The van der Waals surface area contributed by atoms with Crippen LogP contribution in [-0.2, 0) is 6.18 Å². The van der Waals surface area contributed by atoms with E-state index in [0.717, 1.165) is 18.3 Å². The highest BCUT2D eigenvalue weighted by Gasteiger charge is 2.35. The van der Waals surface area contributed by atoms with Crippen LogP contribution < -0.4 is 10.6 Å². The number of halogens is 4. The summed E-state index contributed by atoms with van der Waals surface area (Å²) >= 11 is 0. The molecule has 0 aliphatic rings. The number of pyridine rings is 1. The first-order chi connectivity index (χ1) is 16.7. The minimum atomic E-state index is -4.82. The van der Waals surface area contributed by atoms with Crippen molar-refractivity contribution in [3.63, 3.8) is 0 Å². The molecule has 0 saturated carbocycles. The highest BCUT2D eigenvalue weighted by atomic mass is 19.4. The summed E-state index contributed by atoms with van der Waals surface area (Å²) in [4.78, 5) is 29.3. The third-order valence-electron chi connectivity index (χ3n) is 4.76. The number of nitrogens with zero attached hydrogens (tertiary/aromatic N) is 5. The number of hydrogen-bond acceptors (Lipinski definition) is 8. The second-order valence-electron chi connectivity index (χ2n) is 7.09. The van der Waals surface area contributed by atoms with Crippen molar-refractivity contribution >= 4 is 17.5 Å². The normalized spacial score (nSPS) is 11.3. The Kier molecular flexibility index (Phi) is 6.53. The maximum absolute atomic E-state index is 13.7. The van der Waals surface area contributed by atoms with Crippen LogP contribution in [0.25, 0.3) is 22.6 Å². The largest absolute Gasteiger partial charge is 0.417 e. The maximum Gasteiger partial charge on any atom is 0.417 e. The molecule has 35 heavy (non-hydrogen) atoms. The molecule has 0 amide bonds. The molecule has 0 bridgehead atoms. The fraction of sp³-hybridized carbons (Fsp3) is 0.143. The van der Waals surface area contributed by atoms with Gasteiger partial charge in [-0.3, -0.25) is 10.1 Å². The Morgan fingerprint density at radius 1 is 1.00 bits per heavy atom. The molecule has 4 aromatic rings. The quantitative estimate of drug-likeness (QED) is 0.143. The summed E-state index contributed by atoms with van der Waals surface area (Å²) in [5.74, 6) is -0.353. The Morgan fingerprint density at radius 3 is 2.46 bits per heavy atom. The molecule has 0 saturated heterocycles. The monoisotopic (exact) mass is 488 g/mol. The Morgan fingerprint density at radius 2 is 1.80 bits per heavy atom. The molecule has 0 fully saturated rings. The second-order valence-corrected chi connectivity index (χ2v) is 7.09. The molecule has 0 radical (unpaired) electrons. The summed E-state index contributed by atoms with van der Waals surface area (Å²) in [6.07, 6.45) is 0.535. The van der Waals surface area contributed by atoms with Crippen molar-refractivity contribution in [1.29, 1.82) is 0 Å². The first-order valence-corrected chi connectivity index (χ1v) is 10.0. The Labute approximate surface area is 194 Å². The number of nitro groups is 1. The topological polar surface area (TPSA) is 135 Å². The lowest BCUT2D eigenvalue weighted by molar-refractivity contribution is -0.385. The van der Waals surface area contributed by atoms with Gasteiger partial charge in [-0.15, -0.1) is 0 Å². The zero-order valence-corrected chi connectivity index (χ0v) is 17.7. The van der Waals surface area contributed by atoms with E-state index in [0.29, 0.717) is 18.4 Å². The Balaban J connectivity index is 1.57. The summed E-state index contributed by atoms with van der Waals surface area (Å²) in [5, 5.41) is 16.5. The smallest absolute Gasteiger partial charge is 0.368 e. The van der Waals surface area contributed by atoms with Gasteiger partial charge in [0.25, 0.3) is 5.69 Å². The standard InChI is InChI=1S/C21H16F4N8O2/c22-12-1-3-14(16(9-12)21(23,24)25)18-15(19-27-6-7-28-19)11-31-20(32-18)29-8-5-26-17-4-2-13(10-30-17)33(34)35/h1-4,6-7,9-11H,5,8H2,(H,26,30)(H,27,28)(H,29,31,32). The van der Waals surface area contributed by atoms with Crippen LogP contribution in [0.15, 0.2) is 55.1 Å². The number of anilines is 2. The van der Waals surface area contributed by atoms with E-state index < -0.39 is 22.5 Å². The molecular weight excluding hydrogens is 472 g/mol. The number of H-pyrrole nitrogens is 1. The molecule has 0 atom stereocenters. The zero-order chi connectivity index (χ0) is 25.0. The fourth-order valence-electron chi connectivity index (χ4n) is 3.18. The minimum absolute atomic E-state index is 0.0335. The van der Waals surface area contributed by atoms with Crippen molar-refractivity contribution in [2.45, 2.75) is 6.18 Å². The Hall–Kier alpha value is -4.62. The predicted molar refractivity (Wildman–Crippen MR) is 118 cm³/mol. The average molecular weight is 488 g/mol. The molecular formula is C21H16F4N8O2. The van der Waals surface area contributed by atoms with Crippen molar-refractivity contribution in [2.24, 2.45) is 0 Å². The highest BCUT2D eigenvalue weighted by molar-refractivity contribution is 5.79. The molecule has 180 valence electrons. The van der Waals surface area contributed by atoms with Gasteiger partial charge >= 0.3 is 6.18 Å². The van der Waals surface area contributed by atoms with E-state index in [1.165, 1.54) is 30.7 Å². The van der Waals surface area contributed by atoms with E-state index in [9.17, 15) is 27.7 Å². The number of imidazole rings is 1. The fourth-order valence-corrected chi connectivity index (χ4v) is 3.18. The highest BCUT2D eigenvalue weighted by Crippen LogP contribution is 2.39. The lowest BCUT2D eigenvalue weighted by atomic mass is 10.00. The molecule has 3 N–H and O–H groups in total. The van der Waals surface area contributed by atoms with Gasteiger partial charge in [0.1, 0.15) is 23.7 Å². The summed E-state index contributed by atoms with van der Waals surface area (Å²) in [6.45, 7) is 0.543. The molecule has 3 heterocycles. The van der Waals surface area contributed by atoms with E-state index in [1.807, 2.05) is 0 Å². The van der Waals surface area contributed by atoms with Gasteiger partial charge < -0.3 is 15.6 Å². The van der Waals surface area contributed by atoms with Gasteiger partial charge in [-0.05, 0) is 24.3 Å². The predicted octanol–water partition coefficient (Wildman–Crippen LogP) is 4.52.